The number of hydrogen-bond donors (Lipinski definition) is 0. The fraction of sp³-hybridized carbons (Fsp3) is 0.667. The van der Waals surface area contributed by atoms with Gasteiger partial charge in [-0.1, -0.05) is 37.9 Å². The zero-order valence-electron chi connectivity index (χ0n) is 18.1. The Morgan fingerprint density at radius 3 is 2.14 bits per heavy atom. The van der Waals surface area contributed by atoms with Crippen molar-refractivity contribution in [1.82, 2.24) is 4.90 Å². The van der Waals surface area contributed by atoms with E-state index in [4.69, 9.17) is 17.2 Å². The Kier molecular flexibility index (Phi) is 5.82. The van der Waals surface area contributed by atoms with Crippen LogP contribution in [0, 0.1) is 11.2 Å². The number of aliphatic imine (C=N–C) groups is 1. The first-order valence-corrected chi connectivity index (χ1v) is 11.7. The van der Waals surface area contributed by atoms with Gasteiger partial charge < -0.3 is 0 Å². The smallest absolute Gasteiger partial charge is 0.127 e. The Labute approximate surface area is 180 Å². The molecule has 0 bridgehead atoms. The van der Waals surface area contributed by atoms with Gasteiger partial charge in [0.05, 0.1) is 16.6 Å². The van der Waals surface area contributed by atoms with Gasteiger partial charge in [0.15, 0.2) is 0 Å². The van der Waals surface area contributed by atoms with Gasteiger partial charge in [-0.25, -0.2) is 4.39 Å². The second kappa shape index (κ2) is 8.07. The molecule has 1 saturated carbocycles. The lowest BCUT2D eigenvalue weighted by atomic mass is 9.69. The van der Waals surface area contributed by atoms with Crippen LogP contribution >= 0.6 is 12.2 Å². The van der Waals surface area contributed by atoms with Crippen LogP contribution in [0.4, 0.5) is 10.1 Å². The SMILES string of the molecule is CC(C)(C)N=C1[C@@H](N2CCCCC2)C2(CCCCC2)C(=S)N1c1ccc(F)cc1. The fourth-order valence-corrected chi connectivity index (χ4v) is 5.98. The van der Waals surface area contributed by atoms with Crippen molar-refractivity contribution in [3.63, 3.8) is 0 Å². The van der Waals surface area contributed by atoms with Crippen molar-refractivity contribution in [1.29, 1.82) is 0 Å². The number of likely N-dealkylation sites (tertiary alicyclic amines) is 1. The van der Waals surface area contributed by atoms with Crippen molar-refractivity contribution in [3.05, 3.63) is 30.1 Å². The Morgan fingerprint density at radius 2 is 1.55 bits per heavy atom. The minimum atomic E-state index is -0.215. The van der Waals surface area contributed by atoms with E-state index in [0.29, 0.717) is 0 Å². The quantitative estimate of drug-likeness (QED) is 0.554. The Bertz CT molecular complexity index is 768. The van der Waals surface area contributed by atoms with E-state index in [1.807, 2.05) is 12.1 Å². The lowest BCUT2D eigenvalue weighted by Crippen LogP contribution is -2.53. The van der Waals surface area contributed by atoms with Gasteiger partial charge >= 0.3 is 0 Å². The minimum absolute atomic E-state index is 0.0244. The van der Waals surface area contributed by atoms with Crippen molar-refractivity contribution in [2.24, 2.45) is 10.4 Å². The van der Waals surface area contributed by atoms with E-state index in [2.05, 4.69) is 30.6 Å². The highest BCUT2D eigenvalue weighted by Gasteiger charge is 2.57. The van der Waals surface area contributed by atoms with Crippen molar-refractivity contribution in [3.8, 4) is 0 Å². The molecule has 1 atom stereocenters. The lowest BCUT2D eigenvalue weighted by Gasteiger charge is -2.44. The van der Waals surface area contributed by atoms with E-state index in [1.54, 1.807) is 0 Å². The zero-order valence-corrected chi connectivity index (χ0v) is 18.9. The number of benzene rings is 1. The van der Waals surface area contributed by atoms with Crippen LogP contribution < -0.4 is 4.90 Å². The molecule has 158 valence electrons. The molecule has 2 saturated heterocycles. The van der Waals surface area contributed by atoms with Gasteiger partial charge in [0.25, 0.3) is 0 Å². The maximum absolute atomic E-state index is 13.7. The molecule has 0 aromatic heterocycles. The van der Waals surface area contributed by atoms with Crippen LogP contribution in [0.2, 0.25) is 0 Å². The second-order valence-electron chi connectivity index (χ2n) is 9.97. The number of anilines is 1. The fourth-order valence-electron chi connectivity index (χ4n) is 5.47. The Balaban J connectivity index is 1.86. The van der Waals surface area contributed by atoms with Gasteiger partial charge in [0.1, 0.15) is 11.7 Å². The molecule has 1 aliphatic carbocycles. The highest BCUT2D eigenvalue weighted by Crippen LogP contribution is 2.50. The zero-order chi connectivity index (χ0) is 20.6. The summed E-state index contributed by atoms with van der Waals surface area (Å²) >= 11 is 6.22. The van der Waals surface area contributed by atoms with Crippen molar-refractivity contribution < 1.29 is 4.39 Å². The normalized spacial score (nSPS) is 27.2. The molecule has 4 rings (SSSR count). The van der Waals surface area contributed by atoms with Crippen molar-refractivity contribution >= 4 is 28.7 Å². The molecule has 1 aromatic carbocycles. The first-order valence-electron chi connectivity index (χ1n) is 11.3. The molecule has 3 nitrogen and oxygen atoms in total. The van der Waals surface area contributed by atoms with Gasteiger partial charge in [0, 0.05) is 11.1 Å². The van der Waals surface area contributed by atoms with Crippen LogP contribution in [0.25, 0.3) is 0 Å². The largest absolute Gasteiger partial charge is 0.293 e. The highest BCUT2D eigenvalue weighted by molar-refractivity contribution is 7.80. The third-order valence-electron chi connectivity index (χ3n) is 6.66. The maximum atomic E-state index is 13.7. The van der Waals surface area contributed by atoms with E-state index in [-0.39, 0.29) is 22.8 Å². The molecule has 1 aromatic rings. The monoisotopic (exact) mass is 415 g/mol. The molecule has 2 heterocycles. The summed E-state index contributed by atoms with van der Waals surface area (Å²) in [6, 6.07) is 7.02. The average molecular weight is 416 g/mol. The predicted octanol–water partition coefficient (Wildman–Crippen LogP) is 5.98. The van der Waals surface area contributed by atoms with Crippen LogP contribution in [-0.2, 0) is 0 Å². The summed E-state index contributed by atoms with van der Waals surface area (Å²) in [4.78, 5) is 11.1. The van der Waals surface area contributed by atoms with Crippen molar-refractivity contribution in [2.45, 2.75) is 83.7 Å². The summed E-state index contributed by atoms with van der Waals surface area (Å²) in [6.07, 6.45) is 9.82. The molecule has 1 spiro atoms. The molecular formula is C24H34FN3S. The molecule has 3 fully saturated rings. The van der Waals surface area contributed by atoms with Gasteiger partial charge in [0.2, 0.25) is 0 Å². The van der Waals surface area contributed by atoms with Gasteiger partial charge in [-0.2, -0.15) is 0 Å². The summed E-state index contributed by atoms with van der Waals surface area (Å²) in [7, 11) is 0. The minimum Gasteiger partial charge on any atom is -0.293 e. The molecule has 2 aliphatic heterocycles. The highest BCUT2D eigenvalue weighted by atomic mass is 32.1. The van der Waals surface area contributed by atoms with Crippen LogP contribution in [0.15, 0.2) is 29.3 Å². The lowest BCUT2D eigenvalue weighted by molar-refractivity contribution is 0.112. The Hall–Kier alpha value is -1.33. The van der Waals surface area contributed by atoms with Gasteiger partial charge in [-0.05, 0) is 83.8 Å². The summed E-state index contributed by atoms with van der Waals surface area (Å²) < 4.78 is 13.7. The average Bonchev–Trinajstić information content (AvgIpc) is 2.90. The molecular weight excluding hydrogens is 381 g/mol. The van der Waals surface area contributed by atoms with Crippen molar-refractivity contribution in [2.75, 3.05) is 18.0 Å². The molecule has 5 heteroatoms. The molecule has 0 N–H and O–H groups in total. The van der Waals surface area contributed by atoms with Crippen LogP contribution in [-0.4, -0.2) is 40.4 Å². The molecule has 3 aliphatic rings. The van der Waals surface area contributed by atoms with Crippen LogP contribution in [0.3, 0.4) is 0 Å². The maximum Gasteiger partial charge on any atom is 0.127 e. The molecule has 0 unspecified atom stereocenters. The number of nitrogens with zero attached hydrogens (tertiary/aromatic N) is 3. The number of rotatable bonds is 2. The van der Waals surface area contributed by atoms with Gasteiger partial charge in [-0.15, -0.1) is 0 Å². The van der Waals surface area contributed by atoms with E-state index in [9.17, 15) is 4.39 Å². The topological polar surface area (TPSA) is 18.8 Å². The third-order valence-corrected chi connectivity index (χ3v) is 7.25. The molecule has 0 radical (unpaired) electrons. The second-order valence-corrected chi connectivity index (χ2v) is 10.4. The van der Waals surface area contributed by atoms with Gasteiger partial charge in [-0.3, -0.25) is 14.8 Å². The Morgan fingerprint density at radius 1 is 0.966 bits per heavy atom. The summed E-state index contributed by atoms with van der Waals surface area (Å²) in [5, 5.41) is 0. The predicted molar refractivity (Wildman–Crippen MR) is 123 cm³/mol. The summed E-state index contributed by atoms with van der Waals surface area (Å²) in [6.45, 7) is 8.71. The van der Waals surface area contributed by atoms with E-state index >= 15 is 0 Å². The van der Waals surface area contributed by atoms with E-state index in [1.165, 1.54) is 50.7 Å². The van der Waals surface area contributed by atoms with E-state index in [0.717, 1.165) is 42.4 Å². The van der Waals surface area contributed by atoms with Crippen LogP contribution in [0.5, 0.6) is 0 Å². The van der Waals surface area contributed by atoms with Crippen LogP contribution in [0.1, 0.15) is 72.1 Å². The molecule has 0 amide bonds. The molecule has 29 heavy (non-hydrogen) atoms. The standard InChI is InChI=1S/C24H34FN3S/c1-23(2,3)26-21-20(27-16-8-5-9-17-27)24(14-6-4-7-15-24)22(29)28(21)19-12-10-18(25)11-13-19/h10-13,20H,4-9,14-17H2,1-3H3/t20-/m1/s1. The first kappa shape index (κ1) is 20.9. The third kappa shape index (κ3) is 4.00. The first-order chi connectivity index (χ1) is 13.8. The number of thiocarbonyl (C=S) groups is 1. The number of hydrogen-bond acceptors (Lipinski definition) is 3. The van der Waals surface area contributed by atoms with E-state index < -0.39 is 0 Å². The summed E-state index contributed by atoms with van der Waals surface area (Å²) in [5.41, 5.74) is 0.727. The number of amidine groups is 1. The number of halogens is 1. The number of piperidine rings is 1. The summed E-state index contributed by atoms with van der Waals surface area (Å²) in [5.74, 6) is 0.867.